The highest BCUT2D eigenvalue weighted by atomic mass is 32.2. The number of aromatic carboxylic acids is 1. The molecule has 0 aliphatic rings. The number of aromatic hydroxyl groups is 1. The SMILES string of the molecule is CC(C)(C)c1cc(SC#N)c(O)c(C(=O)O)c1. The topological polar surface area (TPSA) is 81.3 Å². The lowest BCUT2D eigenvalue weighted by molar-refractivity contribution is 0.0693. The molecule has 0 spiro atoms. The van der Waals surface area contributed by atoms with E-state index in [0.717, 1.165) is 17.3 Å². The Labute approximate surface area is 104 Å². The molecule has 1 rings (SSSR count). The van der Waals surface area contributed by atoms with Crippen molar-refractivity contribution < 1.29 is 15.0 Å². The molecule has 0 radical (unpaired) electrons. The molecule has 0 saturated heterocycles. The van der Waals surface area contributed by atoms with Crippen molar-refractivity contribution in [3.8, 4) is 11.2 Å². The Hall–Kier alpha value is -1.67. The largest absolute Gasteiger partial charge is 0.506 e. The zero-order valence-electron chi connectivity index (χ0n) is 9.81. The third kappa shape index (κ3) is 2.92. The van der Waals surface area contributed by atoms with Crippen molar-refractivity contribution in [2.45, 2.75) is 31.1 Å². The van der Waals surface area contributed by atoms with Gasteiger partial charge in [0.15, 0.2) is 0 Å². The van der Waals surface area contributed by atoms with E-state index in [1.54, 1.807) is 6.07 Å². The van der Waals surface area contributed by atoms with E-state index < -0.39 is 5.97 Å². The normalized spacial score (nSPS) is 10.9. The van der Waals surface area contributed by atoms with Crippen molar-refractivity contribution in [1.82, 2.24) is 0 Å². The first-order valence-electron chi connectivity index (χ1n) is 4.94. The molecule has 0 aliphatic carbocycles. The molecule has 0 amide bonds. The second kappa shape index (κ2) is 4.68. The lowest BCUT2D eigenvalue weighted by Gasteiger charge is -2.20. The monoisotopic (exact) mass is 251 g/mol. The van der Waals surface area contributed by atoms with Gasteiger partial charge in [-0.05, 0) is 34.9 Å². The van der Waals surface area contributed by atoms with Gasteiger partial charge in [-0.1, -0.05) is 20.8 Å². The summed E-state index contributed by atoms with van der Waals surface area (Å²) in [7, 11) is 0. The van der Waals surface area contributed by atoms with Gasteiger partial charge < -0.3 is 10.2 Å². The third-order valence-electron chi connectivity index (χ3n) is 2.33. The van der Waals surface area contributed by atoms with Crippen LogP contribution < -0.4 is 0 Å². The lowest BCUT2D eigenvalue weighted by atomic mass is 9.86. The minimum Gasteiger partial charge on any atom is -0.506 e. The summed E-state index contributed by atoms with van der Waals surface area (Å²) in [6.45, 7) is 5.81. The maximum atomic E-state index is 11.0. The maximum Gasteiger partial charge on any atom is 0.339 e. The Bertz CT molecular complexity index is 498. The molecule has 0 atom stereocenters. The lowest BCUT2D eigenvalue weighted by Crippen LogP contribution is -2.13. The van der Waals surface area contributed by atoms with E-state index >= 15 is 0 Å². The minimum atomic E-state index is -1.20. The Kier molecular flexibility index (Phi) is 3.69. The number of thioether (sulfide) groups is 1. The standard InChI is InChI=1S/C12H13NO3S/c1-12(2,3)7-4-8(11(15)16)10(14)9(5-7)17-6-13/h4-5,14H,1-3H3,(H,15,16). The molecule has 0 aromatic heterocycles. The van der Waals surface area contributed by atoms with Crippen molar-refractivity contribution in [2.24, 2.45) is 0 Å². The number of hydrogen-bond donors (Lipinski definition) is 2. The summed E-state index contributed by atoms with van der Waals surface area (Å²) < 4.78 is 0. The number of rotatable bonds is 2. The number of carboxylic acid groups (broad SMARTS) is 1. The summed E-state index contributed by atoms with van der Waals surface area (Å²) >= 11 is 0.756. The molecule has 0 fully saturated rings. The molecule has 17 heavy (non-hydrogen) atoms. The summed E-state index contributed by atoms with van der Waals surface area (Å²) in [5, 5.41) is 29.2. The van der Waals surface area contributed by atoms with Gasteiger partial charge in [0.1, 0.15) is 16.7 Å². The van der Waals surface area contributed by atoms with Crippen molar-refractivity contribution in [3.63, 3.8) is 0 Å². The highest BCUT2D eigenvalue weighted by Gasteiger charge is 2.21. The van der Waals surface area contributed by atoms with E-state index in [4.69, 9.17) is 10.4 Å². The van der Waals surface area contributed by atoms with Crippen LogP contribution >= 0.6 is 11.8 Å². The fourth-order valence-corrected chi connectivity index (χ4v) is 1.82. The van der Waals surface area contributed by atoms with E-state index in [1.807, 2.05) is 26.2 Å². The molecule has 1 aromatic carbocycles. The number of hydrogen-bond acceptors (Lipinski definition) is 4. The van der Waals surface area contributed by atoms with Crippen LogP contribution in [0.3, 0.4) is 0 Å². The number of nitriles is 1. The van der Waals surface area contributed by atoms with E-state index in [9.17, 15) is 9.90 Å². The van der Waals surface area contributed by atoms with Gasteiger partial charge in [0, 0.05) is 0 Å². The first-order chi connectivity index (χ1) is 7.77. The molecular formula is C12H13NO3S. The predicted octanol–water partition coefficient (Wildman–Crippen LogP) is 2.96. The summed E-state index contributed by atoms with van der Waals surface area (Å²) in [5.74, 6) is -1.55. The van der Waals surface area contributed by atoms with Gasteiger partial charge in [0.25, 0.3) is 0 Å². The van der Waals surface area contributed by atoms with Crippen molar-refractivity contribution in [1.29, 1.82) is 5.26 Å². The molecule has 5 heteroatoms. The number of phenols is 1. The fraction of sp³-hybridized carbons (Fsp3) is 0.333. The zero-order chi connectivity index (χ0) is 13.2. The Morgan fingerprint density at radius 3 is 2.41 bits per heavy atom. The van der Waals surface area contributed by atoms with Crippen LogP contribution in [-0.4, -0.2) is 16.2 Å². The Morgan fingerprint density at radius 2 is 2.00 bits per heavy atom. The molecule has 0 heterocycles. The number of thiocyanates is 1. The van der Waals surface area contributed by atoms with Gasteiger partial charge in [-0.15, -0.1) is 0 Å². The highest BCUT2D eigenvalue weighted by molar-refractivity contribution is 8.03. The van der Waals surface area contributed by atoms with E-state index in [2.05, 4.69) is 0 Å². The van der Waals surface area contributed by atoms with Crippen molar-refractivity contribution >= 4 is 17.7 Å². The van der Waals surface area contributed by atoms with Gasteiger partial charge in [0.2, 0.25) is 0 Å². The van der Waals surface area contributed by atoms with Crippen LogP contribution in [0, 0.1) is 10.7 Å². The van der Waals surface area contributed by atoms with E-state index in [0.29, 0.717) is 0 Å². The summed E-state index contributed by atoms with van der Waals surface area (Å²) in [6, 6.07) is 3.09. The predicted molar refractivity (Wildman–Crippen MR) is 65.2 cm³/mol. The fourth-order valence-electron chi connectivity index (χ4n) is 1.33. The summed E-state index contributed by atoms with van der Waals surface area (Å²) in [6.07, 6.45) is 0. The van der Waals surface area contributed by atoms with Gasteiger partial charge in [0.05, 0.1) is 4.90 Å². The first-order valence-corrected chi connectivity index (χ1v) is 5.75. The maximum absolute atomic E-state index is 11.0. The molecule has 2 N–H and O–H groups in total. The smallest absolute Gasteiger partial charge is 0.339 e. The zero-order valence-corrected chi connectivity index (χ0v) is 10.6. The number of nitrogens with zero attached hydrogens (tertiary/aromatic N) is 1. The number of benzene rings is 1. The average molecular weight is 251 g/mol. The Morgan fingerprint density at radius 1 is 1.41 bits per heavy atom. The van der Waals surface area contributed by atoms with Crippen LogP contribution in [0.5, 0.6) is 5.75 Å². The van der Waals surface area contributed by atoms with Crippen LogP contribution in [0.25, 0.3) is 0 Å². The van der Waals surface area contributed by atoms with Gasteiger partial charge in [-0.3, -0.25) is 0 Å². The molecule has 0 saturated carbocycles. The van der Waals surface area contributed by atoms with Gasteiger partial charge in [-0.2, -0.15) is 5.26 Å². The summed E-state index contributed by atoms with van der Waals surface area (Å²) in [4.78, 5) is 11.3. The molecule has 4 nitrogen and oxygen atoms in total. The second-order valence-electron chi connectivity index (χ2n) is 4.62. The molecule has 0 bridgehead atoms. The van der Waals surface area contributed by atoms with Gasteiger partial charge >= 0.3 is 5.97 Å². The number of carbonyl (C=O) groups is 1. The molecule has 0 unspecified atom stereocenters. The van der Waals surface area contributed by atoms with Crippen LogP contribution in [0.4, 0.5) is 0 Å². The average Bonchev–Trinajstić information content (AvgIpc) is 2.19. The minimum absolute atomic E-state index is 0.171. The van der Waals surface area contributed by atoms with Crippen molar-refractivity contribution in [2.75, 3.05) is 0 Å². The highest BCUT2D eigenvalue weighted by Crippen LogP contribution is 2.36. The summed E-state index contributed by atoms with van der Waals surface area (Å²) in [5.41, 5.74) is 0.350. The third-order valence-corrected chi connectivity index (χ3v) is 2.95. The molecule has 1 aromatic rings. The van der Waals surface area contributed by atoms with Crippen LogP contribution in [0.15, 0.2) is 17.0 Å². The first kappa shape index (κ1) is 13.4. The Balaban J connectivity index is 3.48. The van der Waals surface area contributed by atoms with Crippen LogP contribution in [0.1, 0.15) is 36.7 Å². The van der Waals surface area contributed by atoms with Crippen molar-refractivity contribution in [3.05, 3.63) is 23.3 Å². The van der Waals surface area contributed by atoms with Gasteiger partial charge in [-0.25, -0.2) is 4.79 Å². The molecule has 90 valence electrons. The van der Waals surface area contributed by atoms with E-state index in [-0.39, 0.29) is 21.6 Å². The van der Waals surface area contributed by atoms with E-state index in [1.165, 1.54) is 6.07 Å². The number of carboxylic acids is 1. The second-order valence-corrected chi connectivity index (χ2v) is 5.45. The van der Waals surface area contributed by atoms with Crippen LogP contribution in [-0.2, 0) is 5.41 Å². The quantitative estimate of drug-likeness (QED) is 0.623. The molecular weight excluding hydrogens is 238 g/mol. The molecule has 0 aliphatic heterocycles. The van der Waals surface area contributed by atoms with Crippen LogP contribution in [0.2, 0.25) is 0 Å².